The molecular formula is C20H24F5N3O2. The topological polar surface area (TPSA) is 65.4 Å². The van der Waals surface area contributed by atoms with Gasteiger partial charge in [0, 0.05) is 25.9 Å². The average molecular weight is 433 g/mol. The second-order valence-corrected chi connectivity index (χ2v) is 8.36. The molecule has 166 valence electrons. The summed E-state index contributed by atoms with van der Waals surface area (Å²) in [6.07, 6.45) is -5.89. The fourth-order valence-electron chi connectivity index (χ4n) is 3.26. The van der Waals surface area contributed by atoms with E-state index in [1.807, 2.05) is 0 Å². The zero-order valence-electron chi connectivity index (χ0n) is 17.2. The number of ether oxygens (including phenoxy) is 1. The van der Waals surface area contributed by atoms with Gasteiger partial charge in [-0.2, -0.15) is 18.4 Å². The number of nitriles is 1. The van der Waals surface area contributed by atoms with Crippen LogP contribution in [0.4, 0.5) is 32.4 Å². The molecule has 1 amide bonds. The number of nitrogens with one attached hydrogen (secondary N) is 1. The van der Waals surface area contributed by atoms with Crippen LogP contribution in [0.1, 0.15) is 51.7 Å². The maximum atomic E-state index is 15.5. The van der Waals surface area contributed by atoms with Crippen molar-refractivity contribution in [1.29, 1.82) is 5.26 Å². The summed E-state index contributed by atoms with van der Waals surface area (Å²) in [7, 11) is 0. The number of rotatable bonds is 3. The third-order valence-corrected chi connectivity index (χ3v) is 4.90. The molecule has 30 heavy (non-hydrogen) atoms. The van der Waals surface area contributed by atoms with Gasteiger partial charge in [-0.1, -0.05) is 0 Å². The molecule has 5 nitrogen and oxygen atoms in total. The molecule has 0 radical (unpaired) electrons. The molecule has 0 saturated carbocycles. The van der Waals surface area contributed by atoms with Crippen molar-refractivity contribution in [3.05, 3.63) is 29.1 Å². The Balaban J connectivity index is 2.17. The van der Waals surface area contributed by atoms with E-state index in [9.17, 15) is 22.4 Å². The lowest BCUT2D eigenvalue weighted by Crippen LogP contribution is -2.52. The number of carbonyl (C=O) groups excluding carboxylic acids is 1. The van der Waals surface area contributed by atoms with Crippen LogP contribution in [-0.2, 0) is 10.9 Å². The van der Waals surface area contributed by atoms with E-state index in [2.05, 4.69) is 5.32 Å². The number of hydrogen-bond acceptors (Lipinski definition) is 4. The highest BCUT2D eigenvalue weighted by Gasteiger charge is 2.43. The van der Waals surface area contributed by atoms with Gasteiger partial charge >= 0.3 is 12.3 Å². The predicted molar refractivity (Wildman–Crippen MR) is 100 cm³/mol. The first-order valence-corrected chi connectivity index (χ1v) is 9.40. The molecule has 1 aliphatic rings. The first-order chi connectivity index (χ1) is 13.7. The van der Waals surface area contributed by atoms with Crippen LogP contribution in [0.15, 0.2) is 12.1 Å². The number of benzene rings is 1. The molecule has 1 heterocycles. The van der Waals surface area contributed by atoms with Crippen molar-refractivity contribution in [3.8, 4) is 6.07 Å². The number of likely N-dealkylation sites (tertiary alicyclic amines) is 1. The maximum Gasteiger partial charge on any atom is 0.421 e. The van der Waals surface area contributed by atoms with Crippen LogP contribution in [0.2, 0.25) is 0 Å². The number of piperidine rings is 1. The van der Waals surface area contributed by atoms with Gasteiger partial charge in [-0.25, -0.2) is 13.6 Å². The first-order valence-electron chi connectivity index (χ1n) is 9.40. The Labute approximate surface area is 171 Å². The van der Waals surface area contributed by atoms with Crippen molar-refractivity contribution in [2.24, 2.45) is 0 Å². The number of hydrogen-bond donors (Lipinski definition) is 1. The Morgan fingerprint density at radius 2 is 1.83 bits per heavy atom. The molecule has 0 spiro atoms. The highest BCUT2D eigenvalue weighted by molar-refractivity contribution is 5.68. The molecular weight excluding hydrogens is 409 g/mol. The van der Waals surface area contributed by atoms with E-state index in [-0.39, 0.29) is 31.5 Å². The van der Waals surface area contributed by atoms with E-state index >= 15 is 4.39 Å². The lowest BCUT2D eigenvalue weighted by Gasteiger charge is -2.40. The largest absolute Gasteiger partial charge is 0.444 e. The summed E-state index contributed by atoms with van der Waals surface area (Å²) in [5, 5.41) is 11.3. The lowest BCUT2D eigenvalue weighted by molar-refractivity contribution is -0.139. The molecule has 0 unspecified atom stereocenters. The lowest BCUT2D eigenvalue weighted by atomic mass is 9.86. The average Bonchev–Trinajstić information content (AvgIpc) is 2.59. The SMILES string of the molecule is C[C@H](Nc1cc(C#N)cc(F)c1C(F)(F)F)C1(F)CCN(C(=O)OC(C)(C)C)CC1. The number of amides is 1. The van der Waals surface area contributed by atoms with Gasteiger partial charge in [0.05, 0.1) is 23.4 Å². The Kier molecular flexibility index (Phi) is 6.54. The fourth-order valence-corrected chi connectivity index (χ4v) is 3.26. The van der Waals surface area contributed by atoms with Crippen molar-refractivity contribution < 1.29 is 31.5 Å². The van der Waals surface area contributed by atoms with Crippen LogP contribution < -0.4 is 5.32 Å². The van der Waals surface area contributed by atoms with Crippen LogP contribution in [0, 0.1) is 17.1 Å². The normalized spacial score (nSPS) is 17.8. The van der Waals surface area contributed by atoms with Crippen molar-refractivity contribution >= 4 is 11.8 Å². The van der Waals surface area contributed by atoms with Crippen LogP contribution >= 0.6 is 0 Å². The third kappa shape index (κ3) is 5.52. The van der Waals surface area contributed by atoms with E-state index in [4.69, 9.17) is 10.00 Å². The van der Waals surface area contributed by atoms with Crippen LogP contribution in [0.25, 0.3) is 0 Å². The molecule has 10 heteroatoms. The Morgan fingerprint density at radius 1 is 1.27 bits per heavy atom. The quantitative estimate of drug-likeness (QED) is 0.661. The summed E-state index contributed by atoms with van der Waals surface area (Å²) in [6, 6.07) is 1.79. The number of alkyl halides is 4. The van der Waals surface area contributed by atoms with Crippen molar-refractivity contribution in [2.75, 3.05) is 18.4 Å². The zero-order chi connectivity index (χ0) is 22.9. The van der Waals surface area contributed by atoms with Gasteiger partial charge in [0.2, 0.25) is 0 Å². The molecule has 1 fully saturated rings. The second kappa shape index (κ2) is 8.28. The minimum atomic E-state index is -5.02. The maximum absolute atomic E-state index is 15.5. The highest BCUT2D eigenvalue weighted by atomic mass is 19.4. The van der Waals surface area contributed by atoms with E-state index in [1.54, 1.807) is 26.8 Å². The minimum absolute atomic E-state index is 0.0240. The zero-order valence-corrected chi connectivity index (χ0v) is 17.2. The Morgan fingerprint density at radius 3 is 2.30 bits per heavy atom. The Bertz CT molecular complexity index is 835. The van der Waals surface area contributed by atoms with E-state index in [0.29, 0.717) is 6.07 Å². The summed E-state index contributed by atoms with van der Waals surface area (Å²) >= 11 is 0. The summed E-state index contributed by atoms with van der Waals surface area (Å²) in [5.74, 6) is -1.61. The molecule has 0 aliphatic carbocycles. The molecule has 1 aromatic carbocycles. The van der Waals surface area contributed by atoms with Crippen LogP contribution in [0.3, 0.4) is 0 Å². The van der Waals surface area contributed by atoms with Gasteiger partial charge < -0.3 is 15.0 Å². The predicted octanol–water partition coefficient (Wildman–Crippen LogP) is 5.26. The molecule has 1 atom stereocenters. The molecule has 1 N–H and O–H groups in total. The van der Waals surface area contributed by atoms with Gasteiger partial charge in [0.15, 0.2) is 0 Å². The van der Waals surface area contributed by atoms with Gasteiger partial charge in [-0.05, 0) is 39.8 Å². The minimum Gasteiger partial charge on any atom is -0.444 e. The fraction of sp³-hybridized carbons (Fsp3) is 0.600. The molecule has 0 bridgehead atoms. The summed E-state index contributed by atoms with van der Waals surface area (Å²) in [5.41, 5.74) is -5.25. The molecule has 1 saturated heterocycles. The number of halogens is 5. The first kappa shape index (κ1) is 23.7. The van der Waals surface area contributed by atoms with Crippen LogP contribution in [0.5, 0.6) is 0 Å². The third-order valence-electron chi connectivity index (χ3n) is 4.90. The van der Waals surface area contributed by atoms with E-state index in [0.717, 1.165) is 6.07 Å². The second-order valence-electron chi connectivity index (χ2n) is 8.36. The van der Waals surface area contributed by atoms with Gasteiger partial charge in [0.1, 0.15) is 22.7 Å². The monoisotopic (exact) mass is 433 g/mol. The molecule has 2 rings (SSSR count). The number of carbonyl (C=O) groups is 1. The smallest absolute Gasteiger partial charge is 0.421 e. The van der Waals surface area contributed by atoms with Gasteiger partial charge in [-0.3, -0.25) is 0 Å². The molecule has 1 aliphatic heterocycles. The molecule has 1 aromatic rings. The summed E-state index contributed by atoms with van der Waals surface area (Å²) in [6.45, 7) is 6.50. The van der Waals surface area contributed by atoms with Gasteiger partial charge in [-0.15, -0.1) is 0 Å². The molecule has 0 aromatic heterocycles. The number of nitrogens with zero attached hydrogens (tertiary/aromatic N) is 2. The van der Waals surface area contributed by atoms with E-state index in [1.165, 1.54) is 11.8 Å². The van der Waals surface area contributed by atoms with E-state index < -0.39 is 46.6 Å². The van der Waals surface area contributed by atoms with Crippen molar-refractivity contribution in [1.82, 2.24) is 4.90 Å². The van der Waals surface area contributed by atoms with Crippen molar-refractivity contribution in [2.45, 2.75) is 64.0 Å². The summed E-state index contributed by atoms with van der Waals surface area (Å²) in [4.78, 5) is 13.5. The Hall–Kier alpha value is -2.57. The number of anilines is 1. The summed E-state index contributed by atoms with van der Waals surface area (Å²) < 4.78 is 74.6. The van der Waals surface area contributed by atoms with Crippen molar-refractivity contribution in [3.63, 3.8) is 0 Å². The highest BCUT2D eigenvalue weighted by Crippen LogP contribution is 2.39. The van der Waals surface area contributed by atoms with Crippen LogP contribution in [-0.4, -0.2) is 41.4 Å². The standard InChI is InChI=1S/C20H24F5N3O2/c1-12(19(22)5-7-28(8-6-19)17(29)30-18(2,3)4)27-15-10-13(11-26)9-14(21)16(15)20(23,24)25/h9-10,12,27H,5-8H2,1-4H3/t12-/m0/s1. The van der Waals surface area contributed by atoms with Gasteiger partial charge in [0.25, 0.3) is 0 Å².